The quantitative estimate of drug-likeness (QED) is 0.410. The molecule has 4 nitrogen and oxygen atoms in total. The lowest BCUT2D eigenvalue weighted by atomic mass is 10.0. The number of allylic oxidation sites excluding steroid dienone is 1. The molecule has 16 heavy (non-hydrogen) atoms. The molecule has 2 fully saturated rings. The second kappa shape index (κ2) is 5.77. The van der Waals surface area contributed by atoms with Gasteiger partial charge >= 0.3 is 0 Å². The van der Waals surface area contributed by atoms with Crippen molar-refractivity contribution in [1.29, 1.82) is 0 Å². The van der Waals surface area contributed by atoms with Crippen LogP contribution in [-0.4, -0.2) is 42.8 Å². The van der Waals surface area contributed by atoms with Gasteiger partial charge in [0.05, 0.1) is 12.7 Å². The van der Waals surface area contributed by atoms with Gasteiger partial charge in [0.2, 0.25) is 0 Å². The largest absolute Gasteiger partial charge is 0.374 e. The van der Waals surface area contributed by atoms with Gasteiger partial charge in [0, 0.05) is 18.6 Å². The molecule has 3 atom stereocenters. The van der Waals surface area contributed by atoms with E-state index < -0.39 is 0 Å². The molecule has 2 heterocycles. The fourth-order valence-corrected chi connectivity index (χ4v) is 2.76. The van der Waals surface area contributed by atoms with Gasteiger partial charge in [-0.2, -0.15) is 0 Å². The van der Waals surface area contributed by atoms with E-state index in [1.807, 2.05) is 6.08 Å². The number of nitrogens with two attached hydrogens (primary N) is 1. The average Bonchev–Trinajstić information content (AvgIpc) is 2.77. The minimum atomic E-state index is 0.235. The van der Waals surface area contributed by atoms with Crippen molar-refractivity contribution in [2.24, 2.45) is 5.84 Å². The van der Waals surface area contributed by atoms with Crippen LogP contribution in [0.25, 0.3) is 0 Å². The summed E-state index contributed by atoms with van der Waals surface area (Å²) in [4.78, 5) is 2.55. The van der Waals surface area contributed by atoms with Gasteiger partial charge in [-0.05, 0) is 32.2 Å². The Bertz CT molecular complexity index is 234. The highest BCUT2D eigenvalue weighted by Gasteiger charge is 2.35. The van der Waals surface area contributed by atoms with Crippen LogP contribution >= 0.6 is 0 Å². The first-order valence-electron chi connectivity index (χ1n) is 6.28. The van der Waals surface area contributed by atoms with Gasteiger partial charge in [-0.3, -0.25) is 16.2 Å². The van der Waals surface area contributed by atoms with Crippen LogP contribution in [0.4, 0.5) is 0 Å². The number of hydrogen-bond acceptors (Lipinski definition) is 4. The SMILES string of the molecule is C=CCCC(NN)C1CN2CCCC2CO1. The predicted molar refractivity (Wildman–Crippen MR) is 64.9 cm³/mol. The Morgan fingerprint density at radius 3 is 3.25 bits per heavy atom. The molecule has 0 aliphatic carbocycles. The lowest BCUT2D eigenvalue weighted by Crippen LogP contribution is -2.55. The van der Waals surface area contributed by atoms with Crippen molar-refractivity contribution < 1.29 is 4.74 Å². The molecule has 2 rings (SSSR count). The van der Waals surface area contributed by atoms with Crippen LogP contribution in [0.3, 0.4) is 0 Å². The summed E-state index contributed by atoms with van der Waals surface area (Å²) in [6.07, 6.45) is 6.76. The number of fused-ring (bicyclic) bond motifs is 1. The van der Waals surface area contributed by atoms with Gasteiger partial charge in [0.15, 0.2) is 0 Å². The van der Waals surface area contributed by atoms with Gasteiger partial charge in [-0.15, -0.1) is 6.58 Å². The maximum absolute atomic E-state index is 5.92. The van der Waals surface area contributed by atoms with Gasteiger partial charge < -0.3 is 4.74 Å². The summed E-state index contributed by atoms with van der Waals surface area (Å²) in [6.45, 7) is 6.87. The highest BCUT2D eigenvalue weighted by Crippen LogP contribution is 2.24. The van der Waals surface area contributed by atoms with Crippen molar-refractivity contribution in [1.82, 2.24) is 10.3 Å². The Balaban J connectivity index is 1.85. The van der Waals surface area contributed by atoms with E-state index in [0.717, 1.165) is 26.0 Å². The number of morpholine rings is 1. The molecule has 3 N–H and O–H groups in total. The van der Waals surface area contributed by atoms with Crippen LogP contribution < -0.4 is 11.3 Å². The van der Waals surface area contributed by atoms with Crippen LogP contribution in [0.1, 0.15) is 25.7 Å². The second-order valence-electron chi connectivity index (χ2n) is 4.80. The smallest absolute Gasteiger partial charge is 0.0869 e. The van der Waals surface area contributed by atoms with E-state index in [-0.39, 0.29) is 12.1 Å². The monoisotopic (exact) mass is 225 g/mol. The zero-order chi connectivity index (χ0) is 11.4. The second-order valence-corrected chi connectivity index (χ2v) is 4.80. The molecule has 2 aliphatic rings. The molecule has 0 spiro atoms. The van der Waals surface area contributed by atoms with E-state index in [1.54, 1.807) is 0 Å². The maximum atomic E-state index is 5.92. The summed E-state index contributed by atoms with van der Waals surface area (Å²) in [5.41, 5.74) is 2.89. The molecular weight excluding hydrogens is 202 g/mol. The molecule has 3 unspecified atom stereocenters. The van der Waals surface area contributed by atoms with E-state index in [4.69, 9.17) is 10.6 Å². The molecule has 0 bridgehead atoms. The molecule has 92 valence electrons. The molecule has 0 radical (unpaired) electrons. The predicted octanol–water partition coefficient (Wildman–Crippen LogP) is 0.648. The fourth-order valence-electron chi connectivity index (χ4n) is 2.76. The first-order valence-corrected chi connectivity index (χ1v) is 6.28. The van der Waals surface area contributed by atoms with E-state index in [2.05, 4.69) is 16.9 Å². The van der Waals surface area contributed by atoms with Crippen molar-refractivity contribution in [2.45, 2.75) is 43.9 Å². The highest BCUT2D eigenvalue weighted by molar-refractivity contribution is 4.90. The van der Waals surface area contributed by atoms with Crippen LogP contribution in [0.15, 0.2) is 12.7 Å². The van der Waals surface area contributed by atoms with Gasteiger partial charge in [-0.1, -0.05) is 6.08 Å². The van der Waals surface area contributed by atoms with E-state index >= 15 is 0 Å². The van der Waals surface area contributed by atoms with Crippen LogP contribution in [-0.2, 0) is 4.74 Å². The van der Waals surface area contributed by atoms with Gasteiger partial charge in [0.25, 0.3) is 0 Å². The van der Waals surface area contributed by atoms with Gasteiger partial charge in [-0.25, -0.2) is 0 Å². The third kappa shape index (κ3) is 2.63. The summed E-state index contributed by atoms with van der Waals surface area (Å²) in [5, 5.41) is 0. The molecule has 2 saturated heterocycles. The number of rotatable bonds is 5. The zero-order valence-electron chi connectivity index (χ0n) is 9.90. The number of ether oxygens (including phenoxy) is 1. The summed E-state index contributed by atoms with van der Waals surface area (Å²) in [6, 6.07) is 0.911. The van der Waals surface area contributed by atoms with E-state index in [1.165, 1.54) is 19.4 Å². The Kier molecular flexibility index (Phi) is 4.35. The van der Waals surface area contributed by atoms with Gasteiger partial charge in [0.1, 0.15) is 0 Å². The van der Waals surface area contributed by atoms with E-state index in [9.17, 15) is 0 Å². The summed E-state index contributed by atoms with van der Waals surface area (Å²) in [5.74, 6) is 5.60. The summed E-state index contributed by atoms with van der Waals surface area (Å²) in [7, 11) is 0. The Hall–Kier alpha value is -0.420. The minimum Gasteiger partial charge on any atom is -0.374 e. The molecule has 4 heteroatoms. The number of hydrogen-bond donors (Lipinski definition) is 2. The van der Waals surface area contributed by atoms with Crippen molar-refractivity contribution >= 4 is 0 Å². The molecule has 0 saturated carbocycles. The van der Waals surface area contributed by atoms with Crippen LogP contribution in [0.5, 0.6) is 0 Å². The Morgan fingerprint density at radius 1 is 1.62 bits per heavy atom. The highest BCUT2D eigenvalue weighted by atomic mass is 16.5. The Morgan fingerprint density at radius 2 is 2.50 bits per heavy atom. The third-order valence-corrected chi connectivity index (χ3v) is 3.76. The van der Waals surface area contributed by atoms with Crippen molar-refractivity contribution in [3.05, 3.63) is 12.7 Å². The van der Waals surface area contributed by atoms with Crippen LogP contribution in [0.2, 0.25) is 0 Å². The standard InChI is InChI=1S/C12H23N3O/c1-2-3-6-11(14-13)12-8-15-7-4-5-10(15)9-16-12/h2,10-12,14H,1,3-9,13H2. The van der Waals surface area contributed by atoms with Crippen molar-refractivity contribution in [3.63, 3.8) is 0 Å². The minimum absolute atomic E-state index is 0.235. The van der Waals surface area contributed by atoms with Crippen molar-refractivity contribution in [2.75, 3.05) is 19.7 Å². The zero-order valence-corrected chi connectivity index (χ0v) is 9.90. The average molecular weight is 225 g/mol. The Labute approximate surface area is 97.8 Å². The third-order valence-electron chi connectivity index (χ3n) is 3.76. The van der Waals surface area contributed by atoms with Crippen LogP contribution in [0, 0.1) is 0 Å². The molecule has 0 amide bonds. The number of nitrogens with zero attached hydrogens (tertiary/aromatic N) is 1. The normalized spacial score (nSPS) is 32.3. The number of hydrazine groups is 1. The van der Waals surface area contributed by atoms with Crippen molar-refractivity contribution in [3.8, 4) is 0 Å². The first kappa shape index (κ1) is 12.0. The first-order chi connectivity index (χ1) is 7.85. The molecule has 0 aromatic rings. The summed E-state index contributed by atoms with van der Waals surface area (Å²) < 4.78 is 5.92. The molecule has 0 aromatic heterocycles. The summed E-state index contributed by atoms with van der Waals surface area (Å²) >= 11 is 0. The molecule has 2 aliphatic heterocycles. The topological polar surface area (TPSA) is 50.5 Å². The maximum Gasteiger partial charge on any atom is 0.0869 e. The molecular formula is C12H23N3O. The number of nitrogens with one attached hydrogen (secondary N) is 1. The van der Waals surface area contributed by atoms with E-state index in [0.29, 0.717) is 6.04 Å². The molecule has 0 aromatic carbocycles. The lowest BCUT2D eigenvalue weighted by Gasteiger charge is -2.38. The fraction of sp³-hybridized carbons (Fsp3) is 0.833. The lowest BCUT2D eigenvalue weighted by molar-refractivity contribution is -0.0655.